The first kappa shape index (κ1) is 16.1. The fraction of sp³-hybridized carbons (Fsp3) is 0.200. The van der Waals surface area contributed by atoms with Crippen LogP contribution in [0.4, 0.5) is 5.69 Å². The molecule has 0 radical (unpaired) electrons. The number of ether oxygens (including phenoxy) is 2. The van der Waals surface area contributed by atoms with Crippen LogP contribution in [0, 0.1) is 0 Å². The Morgan fingerprint density at radius 3 is 2.50 bits per heavy atom. The molecule has 0 aliphatic heterocycles. The molecule has 0 saturated heterocycles. The Morgan fingerprint density at radius 1 is 0.958 bits per heavy atom. The third kappa shape index (κ3) is 3.60. The summed E-state index contributed by atoms with van der Waals surface area (Å²) in [6.07, 6.45) is 0. The molecule has 0 spiro atoms. The lowest BCUT2D eigenvalue weighted by Gasteiger charge is -2.14. The van der Waals surface area contributed by atoms with Gasteiger partial charge in [0.05, 0.1) is 13.7 Å². The number of rotatable bonds is 7. The summed E-state index contributed by atoms with van der Waals surface area (Å²) in [5, 5.41) is 14.6. The van der Waals surface area contributed by atoms with Gasteiger partial charge in [-0.3, -0.25) is 0 Å². The van der Waals surface area contributed by atoms with Crippen LogP contribution in [0.3, 0.4) is 0 Å². The number of hydrogen-bond acceptors (Lipinski definition) is 4. The smallest absolute Gasteiger partial charge is 0.124 e. The molecule has 24 heavy (non-hydrogen) atoms. The predicted molar refractivity (Wildman–Crippen MR) is 96.8 cm³/mol. The fourth-order valence-corrected chi connectivity index (χ4v) is 2.71. The van der Waals surface area contributed by atoms with Crippen LogP contribution in [-0.4, -0.2) is 25.4 Å². The molecule has 124 valence electrons. The van der Waals surface area contributed by atoms with Crippen molar-refractivity contribution in [1.82, 2.24) is 0 Å². The minimum Gasteiger partial charge on any atom is -0.496 e. The molecular weight excluding hydrogens is 302 g/mol. The standard InChI is InChI=1S/C20H21NO3/c1-23-20-11-6-15-4-2-3-5-18(15)19(20)14-21-16-7-9-17(10-8-16)24-13-12-22/h2-11,21-22H,12-14H2,1H3. The molecular formula is C20H21NO3. The Labute approximate surface area is 141 Å². The zero-order valence-electron chi connectivity index (χ0n) is 13.7. The highest BCUT2D eigenvalue weighted by molar-refractivity contribution is 5.88. The molecule has 0 fully saturated rings. The van der Waals surface area contributed by atoms with Gasteiger partial charge >= 0.3 is 0 Å². The maximum Gasteiger partial charge on any atom is 0.124 e. The number of methoxy groups -OCH3 is 1. The van der Waals surface area contributed by atoms with E-state index in [1.54, 1.807) is 7.11 Å². The molecule has 3 aromatic rings. The van der Waals surface area contributed by atoms with E-state index in [4.69, 9.17) is 14.6 Å². The van der Waals surface area contributed by atoms with Crippen molar-refractivity contribution in [3.63, 3.8) is 0 Å². The lowest BCUT2D eigenvalue weighted by molar-refractivity contribution is 0.201. The monoisotopic (exact) mass is 323 g/mol. The lowest BCUT2D eigenvalue weighted by atomic mass is 10.0. The predicted octanol–water partition coefficient (Wildman–Crippen LogP) is 3.83. The van der Waals surface area contributed by atoms with Crippen LogP contribution in [0.5, 0.6) is 11.5 Å². The number of nitrogens with one attached hydrogen (secondary N) is 1. The molecule has 0 bridgehead atoms. The summed E-state index contributed by atoms with van der Waals surface area (Å²) in [5.41, 5.74) is 2.14. The SMILES string of the molecule is COc1ccc2ccccc2c1CNc1ccc(OCCO)cc1. The van der Waals surface area contributed by atoms with Crippen LogP contribution in [0.1, 0.15) is 5.56 Å². The summed E-state index contributed by atoms with van der Waals surface area (Å²) in [6, 6.07) is 20.1. The first-order chi connectivity index (χ1) is 11.8. The van der Waals surface area contributed by atoms with Gasteiger partial charge in [0.2, 0.25) is 0 Å². The fourth-order valence-electron chi connectivity index (χ4n) is 2.71. The highest BCUT2D eigenvalue weighted by atomic mass is 16.5. The van der Waals surface area contributed by atoms with Crippen molar-refractivity contribution < 1.29 is 14.6 Å². The van der Waals surface area contributed by atoms with Gasteiger partial charge in [0.15, 0.2) is 0 Å². The Morgan fingerprint density at radius 2 is 1.75 bits per heavy atom. The van der Waals surface area contributed by atoms with Gasteiger partial charge in [-0.2, -0.15) is 0 Å². The molecule has 4 heteroatoms. The number of fused-ring (bicyclic) bond motifs is 1. The van der Waals surface area contributed by atoms with E-state index in [1.807, 2.05) is 42.5 Å². The zero-order chi connectivity index (χ0) is 16.8. The molecule has 0 atom stereocenters. The molecule has 4 nitrogen and oxygen atoms in total. The third-order valence-corrected chi connectivity index (χ3v) is 3.90. The van der Waals surface area contributed by atoms with Crippen molar-refractivity contribution in [2.75, 3.05) is 25.6 Å². The van der Waals surface area contributed by atoms with E-state index in [9.17, 15) is 0 Å². The van der Waals surface area contributed by atoms with Gasteiger partial charge in [-0.25, -0.2) is 0 Å². The molecule has 3 rings (SSSR count). The number of anilines is 1. The number of aliphatic hydroxyl groups excluding tert-OH is 1. The minimum atomic E-state index is 0.0148. The van der Waals surface area contributed by atoms with E-state index in [1.165, 1.54) is 10.8 Å². The number of benzene rings is 3. The summed E-state index contributed by atoms with van der Waals surface area (Å²) in [6.45, 7) is 0.988. The second kappa shape index (κ2) is 7.70. The minimum absolute atomic E-state index is 0.0148. The van der Waals surface area contributed by atoms with Gasteiger partial charge in [-0.1, -0.05) is 30.3 Å². The molecule has 0 unspecified atom stereocenters. The Kier molecular flexibility index (Phi) is 5.18. The van der Waals surface area contributed by atoms with Crippen molar-refractivity contribution in [3.8, 4) is 11.5 Å². The molecule has 0 heterocycles. The highest BCUT2D eigenvalue weighted by Crippen LogP contribution is 2.29. The second-order valence-corrected chi connectivity index (χ2v) is 5.42. The number of hydrogen-bond donors (Lipinski definition) is 2. The van der Waals surface area contributed by atoms with E-state index < -0.39 is 0 Å². The van der Waals surface area contributed by atoms with E-state index >= 15 is 0 Å². The van der Waals surface area contributed by atoms with Crippen LogP contribution >= 0.6 is 0 Å². The van der Waals surface area contributed by atoms with E-state index in [0.29, 0.717) is 13.2 Å². The quantitative estimate of drug-likeness (QED) is 0.694. The van der Waals surface area contributed by atoms with Crippen molar-refractivity contribution >= 4 is 16.5 Å². The van der Waals surface area contributed by atoms with Crippen LogP contribution in [0.2, 0.25) is 0 Å². The van der Waals surface area contributed by atoms with E-state index in [-0.39, 0.29) is 6.61 Å². The van der Waals surface area contributed by atoms with Crippen molar-refractivity contribution in [2.24, 2.45) is 0 Å². The summed E-state index contributed by atoms with van der Waals surface area (Å²) in [5.74, 6) is 1.63. The van der Waals surface area contributed by atoms with Gasteiger partial charge < -0.3 is 19.9 Å². The van der Waals surface area contributed by atoms with E-state index in [2.05, 4.69) is 23.5 Å². The molecule has 0 aliphatic rings. The normalized spacial score (nSPS) is 10.6. The molecule has 0 aromatic heterocycles. The maximum atomic E-state index is 8.78. The third-order valence-electron chi connectivity index (χ3n) is 3.90. The van der Waals surface area contributed by atoms with Gasteiger partial charge in [-0.05, 0) is 41.1 Å². The molecule has 0 aliphatic carbocycles. The van der Waals surface area contributed by atoms with Crippen molar-refractivity contribution in [3.05, 3.63) is 66.2 Å². The number of aliphatic hydroxyl groups is 1. The zero-order valence-corrected chi connectivity index (χ0v) is 13.7. The Hall–Kier alpha value is -2.72. The topological polar surface area (TPSA) is 50.7 Å². The molecule has 0 amide bonds. The van der Waals surface area contributed by atoms with Crippen LogP contribution in [0.15, 0.2) is 60.7 Å². The van der Waals surface area contributed by atoms with Crippen molar-refractivity contribution in [2.45, 2.75) is 6.54 Å². The molecule has 2 N–H and O–H groups in total. The molecule has 3 aromatic carbocycles. The average molecular weight is 323 g/mol. The Bertz CT molecular complexity index is 800. The van der Waals surface area contributed by atoms with Crippen LogP contribution in [-0.2, 0) is 6.54 Å². The summed E-state index contributed by atoms with van der Waals surface area (Å²) >= 11 is 0. The first-order valence-corrected chi connectivity index (χ1v) is 7.94. The summed E-state index contributed by atoms with van der Waals surface area (Å²) in [7, 11) is 1.70. The average Bonchev–Trinajstić information content (AvgIpc) is 2.65. The first-order valence-electron chi connectivity index (χ1n) is 7.94. The highest BCUT2D eigenvalue weighted by Gasteiger charge is 2.08. The van der Waals surface area contributed by atoms with Crippen molar-refractivity contribution in [1.29, 1.82) is 0 Å². The summed E-state index contributed by atoms with van der Waals surface area (Å²) in [4.78, 5) is 0. The largest absolute Gasteiger partial charge is 0.496 e. The van der Waals surface area contributed by atoms with Gasteiger partial charge in [0.25, 0.3) is 0 Å². The molecule has 0 saturated carbocycles. The van der Waals surface area contributed by atoms with E-state index in [0.717, 1.165) is 22.7 Å². The van der Waals surface area contributed by atoms with Gasteiger partial charge in [-0.15, -0.1) is 0 Å². The Balaban J connectivity index is 1.77. The van der Waals surface area contributed by atoms with Crippen LogP contribution in [0.25, 0.3) is 10.8 Å². The van der Waals surface area contributed by atoms with Gasteiger partial charge in [0, 0.05) is 17.8 Å². The maximum absolute atomic E-state index is 8.78. The summed E-state index contributed by atoms with van der Waals surface area (Å²) < 4.78 is 10.9. The van der Waals surface area contributed by atoms with Crippen LogP contribution < -0.4 is 14.8 Å². The van der Waals surface area contributed by atoms with Gasteiger partial charge in [0.1, 0.15) is 18.1 Å². The lowest BCUT2D eigenvalue weighted by Crippen LogP contribution is -2.03. The second-order valence-electron chi connectivity index (χ2n) is 5.42.